The molecule has 7 heteroatoms. The van der Waals surface area contributed by atoms with E-state index in [1.54, 1.807) is 0 Å². The minimum absolute atomic E-state index is 0.327. The van der Waals surface area contributed by atoms with Crippen molar-refractivity contribution < 1.29 is 31.5 Å². The van der Waals surface area contributed by atoms with E-state index in [-0.39, 0.29) is 0 Å². The van der Waals surface area contributed by atoms with E-state index >= 15 is 0 Å². The van der Waals surface area contributed by atoms with Gasteiger partial charge in [-0.15, -0.1) is 0 Å². The second-order valence-corrected chi connectivity index (χ2v) is 3.63. The van der Waals surface area contributed by atoms with Crippen LogP contribution < -0.4 is 0 Å². The smallest absolute Gasteiger partial charge is 0.287 e. The van der Waals surface area contributed by atoms with Crippen molar-refractivity contribution in [1.82, 2.24) is 0 Å². The van der Waals surface area contributed by atoms with Gasteiger partial charge in [0.15, 0.2) is 0 Å². The topological polar surface area (TPSA) is 34.1 Å². The molecular formula is C11H7F5O2. The summed E-state index contributed by atoms with van der Waals surface area (Å²) >= 11 is 0. The minimum Gasteiger partial charge on any atom is -0.287 e. The fraction of sp³-hybridized carbons (Fsp3) is 0.273. The van der Waals surface area contributed by atoms with Crippen LogP contribution in [0.1, 0.15) is 27.6 Å². The summed E-state index contributed by atoms with van der Waals surface area (Å²) in [5, 5.41) is 0. The summed E-state index contributed by atoms with van der Waals surface area (Å²) in [6.45, 7) is 0.327. The summed E-state index contributed by atoms with van der Waals surface area (Å²) in [4.78, 5) is 22.0. The van der Waals surface area contributed by atoms with Gasteiger partial charge in [0.05, 0.1) is 0 Å². The molecule has 0 aliphatic heterocycles. The summed E-state index contributed by atoms with van der Waals surface area (Å²) in [6, 6.07) is 3.18. The van der Waals surface area contributed by atoms with Gasteiger partial charge in [-0.05, 0) is 6.07 Å². The zero-order valence-electron chi connectivity index (χ0n) is 9.02. The van der Waals surface area contributed by atoms with E-state index in [9.17, 15) is 31.5 Å². The Morgan fingerprint density at radius 2 is 1.39 bits per heavy atom. The van der Waals surface area contributed by atoms with Crippen molar-refractivity contribution in [1.29, 1.82) is 0 Å². The summed E-state index contributed by atoms with van der Waals surface area (Å²) in [6.07, 6.45) is -5.11. The van der Waals surface area contributed by atoms with Crippen molar-refractivity contribution in [3.63, 3.8) is 0 Å². The number of alkyl halides is 5. The van der Waals surface area contributed by atoms with Crippen LogP contribution in [0.15, 0.2) is 24.3 Å². The molecule has 0 aromatic heterocycles. The summed E-state index contributed by atoms with van der Waals surface area (Å²) < 4.78 is 61.8. The first-order valence-electron chi connectivity index (χ1n) is 4.67. The monoisotopic (exact) mass is 266 g/mol. The second-order valence-electron chi connectivity index (χ2n) is 3.63. The van der Waals surface area contributed by atoms with Crippen molar-refractivity contribution in [3.8, 4) is 0 Å². The Morgan fingerprint density at radius 3 is 1.78 bits per heavy atom. The number of rotatable bonds is 3. The van der Waals surface area contributed by atoms with Crippen molar-refractivity contribution in [2.24, 2.45) is 0 Å². The lowest BCUT2D eigenvalue weighted by Gasteiger charge is -2.10. The van der Waals surface area contributed by atoms with Gasteiger partial charge in [-0.25, -0.2) is 0 Å². The lowest BCUT2D eigenvalue weighted by atomic mass is 10.0. The Balaban J connectivity index is 3.16. The van der Waals surface area contributed by atoms with E-state index in [1.807, 2.05) is 0 Å². The van der Waals surface area contributed by atoms with Gasteiger partial charge in [0.2, 0.25) is 5.78 Å². The number of Topliss-reactive ketones (excluding diaryl/α,β-unsaturated/α-hetero) is 2. The van der Waals surface area contributed by atoms with Gasteiger partial charge >= 0.3 is 12.1 Å². The average Bonchev–Trinajstić information content (AvgIpc) is 2.24. The molecule has 98 valence electrons. The van der Waals surface area contributed by atoms with Gasteiger partial charge in [0.1, 0.15) is 0 Å². The third kappa shape index (κ3) is 3.12. The van der Waals surface area contributed by atoms with E-state index in [0.29, 0.717) is 13.0 Å². The number of halogens is 5. The van der Waals surface area contributed by atoms with Gasteiger partial charge in [0, 0.05) is 18.1 Å². The van der Waals surface area contributed by atoms with Crippen LogP contribution in [0.4, 0.5) is 22.0 Å². The summed E-state index contributed by atoms with van der Waals surface area (Å²) in [5.74, 6) is -7.53. The number of hydrogen-bond donors (Lipinski definition) is 0. The van der Waals surface area contributed by atoms with Crippen LogP contribution in [0, 0.1) is 0 Å². The lowest BCUT2D eigenvalue weighted by Crippen LogP contribution is -2.26. The van der Waals surface area contributed by atoms with Crippen LogP contribution in [0.5, 0.6) is 0 Å². The third-order valence-electron chi connectivity index (χ3n) is 2.04. The van der Waals surface area contributed by atoms with Gasteiger partial charge in [0.25, 0.3) is 5.78 Å². The molecular weight excluding hydrogens is 259 g/mol. The van der Waals surface area contributed by atoms with Crippen LogP contribution in [0.3, 0.4) is 0 Å². The van der Waals surface area contributed by atoms with Crippen LogP contribution in [-0.2, 0) is 0 Å². The Morgan fingerprint density at radius 1 is 0.944 bits per heavy atom. The van der Waals surface area contributed by atoms with Crippen molar-refractivity contribution >= 4 is 11.6 Å². The Kier molecular flexibility index (Phi) is 3.54. The Hall–Kier alpha value is -1.79. The number of hydrogen-bond acceptors (Lipinski definition) is 2. The normalized spacial score (nSPS) is 12.3. The summed E-state index contributed by atoms with van der Waals surface area (Å²) in [5.41, 5.74) is -1.49. The van der Waals surface area contributed by atoms with Gasteiger partial charge in [-0.2, -0.15) is 22.0 Å². The molecule has 0 N–H and O–H groups in total. The Labute approximate surface area is 98.4 Å². The fourth-order valence-electron chi connectivity index (χ4n) is 1.22. The molecule has 18 heavy (non-hydrogen) atoms. The zero-order valence-corrected chi connectivity index (χ0v) is 9.02. The molecule has 0 amide bonds. The van der Waals surface area contributed by atoms with Crippen molar-refractivity contribution in [2.75, 3.05) is 0 Å². The number of carbonyl (C=O) groups excluding carboxylic acids is 2. The lowest BCUT2D eigenvalue weighted by molar-refractivity contribution is -0.0885. The molecule has 1 aromatic rings. The molecule has 0 unspecified atom stereocenters. The molecule has 0 aliphatic rings. The first-order valence-corrected chi connectivity index (χ1v) is 4.67. The van der Waals surface area contributed by atoms with Crippen LogP contribution >= 0.6 is 0 Å². The average molecular weight is 266 g/mol. The summed E-state index contributed by atoms with van der Waals surface area (Å²) in [7, 11) is 0. The molecule has 0 radical (unpaired) electrons. The van der Waals surface area contributed by atoms with Crippen LogP contribution in [-0.4, -0.2) is 23.7 Å². The SMILES string of the molecule is CC(F)(F)C(=O)c1cccc(C(=O)C(F)(F)F)c1. The quantitative estimate of drug-likeness (QED) is 0.621. The molecule has 0 atom stereocenters. The van der Waals surface area contributed by atoms with Crippen LogP contribution in [0.25, 0.3) is 0 Å². The van der Waals surface area contributed by atoms with Crippen molar-refractivity contribution in [3.05, 3.63) is 35.4 Å². The van der Waals surface area contributed by atoms with Gasteiger partial charge in [-0.1, -0.05) is 18.2 Å². The van der Waals surface area contributed by atoms with E-state index in [2.05, 4.69) is 0 Å². The maximum Gasteiger partial charge on any atom is 0.454 e. The van der Waals surface area contributed by atoms with E-state index in [0.717, 1.165) is 18.2 Å². The molecule has 0 bridgehead atoms. The molecule has 0 spiro atoms. The van der Waals surface area contributed by atoms with Gasteiger partial charge in [-0.3, -0.25) is 9.59 Å². The first-order chi connectivity index (χ1) is 8.03. The number of benzene rings is 1. The fourth-order valence-corrected chi connectivity index (χ4v) is 1.22. The maximum atomic E-state index is 12.7. The van der Waals surface area contributed by atoms with E-state index in [4.69, 9.17) is 0 Å². The molecule has 0 fully saturated rings. The highest BCUT2D eigenvalue weighted by molar-refractivity contribution is 6.05. The zero-order chi connectivity index (χ0) is 14.1. The predicted octanol–water partition coefficient (Wildman–Crippen LogP) is 3.27. The minimum atomic E-state index is -5.11. The molecule has 0 saturated carbocycles. The molecule has 0 heterocycles. The van der Waals surface area contributed by atoms with E-state index in [1.165, 1.54) is 0 Å². The highest BCUT2D eigenvalue weighted by Crippen LogP contribution is 2.24. The molecule has 0 aliphatic carbocycles. The predicted molar refractivity (Wildman–Crippen MR) is 51.8 cm³/mol. The first kappa shape index (κ1) is 14.3. The Bertz CT molecular complexity index is 444. The molecule has 0 saturated heterocycles. The molecule has 1 rings (SSSR count). The van der Waals surface area contributed by atoms with Crippen LogP contribution in [0.2, 0.25) is 0 Å². The molecule has 2 nitrogen and oxygen atoms in total. The largest absolute Gasteiger partial charge is 0.454 e. The molecule has 1 aromatic carbocycles. The highest BCUT2D eigenvalue weighted by atomic mass is 19.4. The third-order valence-corrected chi connectivity index (χ3v) is 2.04. The highest BCUT2D eigenvalue weighted by Gasteiger charge is 2.40. The van der Waals surface area contributed by atoms with Crippen molar-refractivity contribution in [2.45, 2.75) is 19.0 Å². The maximum absolute atomic E-state index is 12.7. The number of ketones is 2. The number of carbonyl (C=O) groups is 2. The second kappa shape index (κ2) is 4.47. The standard InChI is InChI=1S/C11H7F5O2/c1-10(12,13)8(17)6-3-2-4-7(5-6)9(18)11(14,15)16/h2-5H,1H3. The van der Waals surface area contributed by atoms with Gasteiger partial charge < -0.3 is 0 Å². The van der Waals surface area contributed by atoms with E-state index < -0.39 is 34.8 Å².